The van der Waals surface area contributed by atoms with Crippen LogP contribution in [-0.2, 0) is 16.6 Å². The molecule has 8 heteroatoms. The molecule has 1 fully saturated rings. The molecule has 114 valence electrons. The summed E-state index contributed by atoms with van der Waals surface area (Å²) >= 11 is 1.86. The van der Waals surface area contributed by atoms with Crippen LogP contribution in [0.15, 0.2) is 17.3 Å². The van der Waals surface area contributed by atoms with Crippen LogP contribution in [0.5, 0.6) is 0 Å². The Morgan fingerprint density at radius 1 is 1.55 bits per heavy atom. The van der Waals surface area contributed by atoms with E-state index >= 15 is 0 Å². The lowest BCUT2D eigenvalue weighted by Gasteiger charge is -2.30. The van der Waals surface area contributed by atoms with Crippen LogP contribution in [0.1, 0.15) is 13.3 Å². The summed E-state index contributed by atoms with van der Waals surface area (Å²) in [6.07, 6.45) is 4.07. The normalized spacial score (nSPS) is 21.2. The number of nitrogens with one attached hydrogen (secondary N) is 1. The topological polar surface area (TPSA) is 67.2 Å². The summed E-state index contributed by atoms with van der Waals surface area (Å²) in [5.41, 5.74) is 0. The van der Waals surface area contributed by atoms with Gasteiger partial charge in [-0.05, 0) is 13.5 Å². The van der Waals surface area contributed by atoms with Gasteiger partial charge in [0.2, 0.25) is 10.0 Å². The molecule has 0 amide bonds. The van der Waals surface area contributed by atoms with E-state index in [0.29, 0.717) is 29.8 Å². The van der Waals surface area contributed by atoms with E-state index in [2.05, 4.69) is 17.3 Å². The SMILES string of the molecule is CCC1CN(S(=O)(=O)c2cnn(CCNC)c2)CCS1. The number of hydrogen-bond donors (Lipinski definition) is 1. The standard InChI is InChI=1S/C12H22N4O2S2/c1-3-11-9-16(6-7-19-11)20(17,18)12-8-14-15(10-12)5-4-13-2/h8,10-11,13H,3-7,9H2,1-2H3. The molecule has 1 aliphatic rings. The lowest BCUT2D eigenvalue weighted by atomic mass is 10.3. The maximum atomic E-state index is 12.6. The fourth-order valence-electron chi connectivity index (χ4n) is 2.13. The first-order valence-electron chi connectivity index (χ1n) is 6.86. The van der Waals surface area contributed by atoms with Crippen molar-refractivity contribution in [2.75, 3.05) is 32.4 Å². The summed E-state index contributed by atoms with van der Waals surface area (Å²) in [5, 5.41) is 7.54. The maximum Gasteiger partial charge on any atom is 0.246 e. The van der Waals surface area contributed by atoms with E-state index in [9.17, 15) is 8.42 Å². The Morgan fingerprint density at radius 3 is 3.05 bits per heavy atom. The molecule has 2 rings (SSSR count). The van der Waals surface area contributed by atoms with Gasteiger partial charge in [0.05, 0.1) is 12.7 Å². The fraction of sp³-hybridized carbons (Fsp3) is 0.750. The molecular formula is C12H22N4O2S2. The minimum Gasteiger partial charge on any atom is -0.318 e. The Labute approximate surface area is 125 Å². The first-order valence-corrected chi connectivity index (χ1v) is 9.35. The van der Waals surface area contributed by atoms with Crippen molar-refractivity contribution in [3.8, 4) is 0 Å². The molecule has 0 bridgehead atoms. The average molecular weight is 318 g/mol. The second kappa shape index (κ2) is 6.93. The third kappa shape index (κ3) is 3.55. The van der Waals surface area contributed by atoms with E-state index in [-0.39, 0.29) is 0 Å². The third-order valence-electron chi connectivity index (χ3n) is 3.40. The Hall–Kier alpha value is -0.570. The van der Waals surface area contributed by atoms with Crippen LogP contribution < -0.4 is 5.32 Å². The van der Waals surface area contributed by atoms with Crippen molar-refractivity contribution < 1.29 is 8.42 Å². The number of hydrogen-bond acceptors (Lipinski definition) is 5. The van der Waals surface area contributed by atoms with Crippen molar-refractivity contribution in [1.82, 2.24) is 19.4 Å². The monoisotopic (exact) mass is 318 g/mol. The molecule has 1 atom stereocenters. The lowest BCUT2D eigenvalue weighted by molar-refractivity contribution is 0.416. The number of sulfonamides is 1. The third-order valence-corrected chi connectivity index (χ3v) is 6.59. The molecule has 1 N–H and O–H groups in total. The molecule has 1 aromatic heterocycles. The first-order chi connectivity index (χ1) is 9.57. The van der Waals surface area contributed by atoms with Gasteiger partial charge in [0.15, 0.2) is 0 Å². The first kappa shape index (κ1) is 15.8. The van der Waals surface area contributed by atoms with Gasteiger partial charge in [0.25, 0.3) is 0 Å². The molecule has 6 nitrogen and oxygen atoms in total. The molecule has 1 saturated heterocycles. The molecule has 1 aliphatic heterocycles. The largest absolute Gasteiger partial charge is 0.318 e. The second-order valence-electron chi connectivity index (χ2n) is 4.81. The predicted octanol–water partition coefficient (Wildman–Crippen LogP) is 0.619. The van der Waals surface area contributed by atoms with Gasteiger partial charge in [-0.3, -0.25) is 4.68 Å². The highest BCUT2D eigenvalue weighted by Gasteiger charge is 2.30. The van der Waals surface area contributed by atoms with E-state index in [1.807, 2.05) is 18.8 Å². The Balaban J connectivity index is 2.11. The maximum absolute atomic E-state index is 12.6. The highest BCUT2D eigenvalue weighted by atomic mass is 32.2. The van der Waals surface area contributed by atoms with Crippen LogP contribution in [0, 0.1) is 0 Å². The highest BCUT2D eigenvalue weighted by molar-refractivity contribution is 8.00. The molecule has 0 spiro atoms. The van der Waals surface area contributed by atoms with Crippen molar-refractivity contribution in [2.45, 2.75) is 30.0 Å². The van der Waals surface area contributed by atoms with Gasteiger partial charge in [0, 0.05) is 36.8 Å². The van der Waals surface area contributed by atoms with Crippen molar-refractivity contribution in [2.24, 2.45) is 0 Å². The summed E-state index contributed by atoms with van der Waals surface area (Å²) in [7, 11) is -1.53. The van der Waals surface area contributed by atoms with Crippen LogP contribution in [0.4, 0.5) is 0 Å². The average Bonchev–Trinajstić information content (AvgIpc) is 2.94. The zero-order valence-electron chi connectivity index (χ0n) is 11.9. The number of likely N-dealkylation sites (N-methyl/N-ethyl adjacent to an activating group) is 1. The van der Waals surface area contributed by atoms with Gasteiger partial charge in [-0.1, -0.05) is 6.92 Å². The van der Waals surface area contributed by atoms with Crippen molar-refractivity contribution in [3.63, 3.8) is 0 Å². The van der Waals surface area contributed by atoms with Crippen LogP contribution in [0.25, 0.3) is 0 Å². The summed E-state index contributed by atoms with van der Waals surface area (Å²) in [6, 6.07) is 0. The Bertz CT molecular complexity index is 529. The summed E-state index contributed by atoms with van der Waals surface area (Å²) in [4.78, 5) is 0.301. The predicted molar refractivity (Wildman–Crippen MR) is 81.4 cm³/mol. The molecular weight excluding hydrogens is 296 g/mol. The fourth-order valence-corrected chi connectivity index (χ4v) is 4.96. The molecule has 0 aliphatic carbocycles. The molecule has 2 heterocycles. The Kier molecular flexibility index (Phi) is 5.48. The molecule has 0 aromatic carbocycles. The summed E-state index contributed by atoms with van der Waals surface area (Å²) in [6.45, 7) is 4.72. The van der Waals surface area contributed by atoms with Gasteiger partial charge in [-0.25, -0.2) is 8.42 Å². The van der Waals surface area contributed by atoms with Gasteiger partial charge < -0.3 is 5.32 Å². The second-order valence-corrected chi connectivity index (χ2v) is 8.15. The summed E-state index contributed by atoms with van der Waals surface area (Å²) in [5.74, 6) is 0.867. The van der Waals surface area contributed by atoms with Crippen LogP contribution in [0.3, 0.4) is 0 Å². The van der Waals surface area contributed by atoms with Crippen molar-refractivity contribution in [3.05, 3.63) is 12.4 Å². The highest BCUT2D eigenvalue weighted by Crippen LogP contribution is 2.25. The van der Waals surface area contributed by atoms with E-state index < -0.39 is 10.0 Å². The van der Waals surface area contributed by atoms with Gasteiger partial charge >= 0.3 is 0 Å². The summed E-state index contributed by atoms with van der Waals surface area (Å²) < 4.78 is 28.4. The van der Waals surface area contributed by atoms with E-state index in [0.717, 1.165) is 18.7 Å². The number of thioether (sulfide) groups is 1. The number of rotatable bonds is 6. The molecule has 20 heavy (non-hydrogen) atoms. The molecule has 0 saturated carbocycles. The molecule has 1 unspecified atom stereocenters. The zero-order valence-corrected chi connectivity index (χ0v) is 13.6. The van der Waals surface area contributed by atoms with E-state index in [1.54, 1.807) is 15.2 Å². The van der Waals surface area contributed by atoms with E-state index in [4.69, 9.17) is 0 Å². The number of nitrogens with zero attached hydrogens (tertiary/aromatic N) is 3. The molecule has 1 aromatic rings. The smallest absolute Gasteiger partial charge is 0.246 e. The number of aromatic nitrogens is 2. The minimum atomic E-state index is -3.39. The van der Waals surface area contributed by atoms with Crippen LogP contribution in [-0.4, -0.2) is 60.2 Å². The van der Waals surface area contributed by atoms with Crippen molar-refractivity contribution in [1.29, 1.82) is 0 Å². The minimum absolute atomic E-state index is 0.301. The molecule has 0 radical (unpaired) electrons. The van der Waals surface area contributed by atoms with E-state index in [1.165, 1.54) is 6.20 Å². The van der Waals surface area contributed by atoms with Crippen LogP contribution >= 0.6 is 11.8 Å². The quantitative estimate of drug-likeness (QED) is 0.833. The van der Waals surface area contributed by atoms with Gasteiger partial charge in [-0.15, -0.1) is 0 Å². The van der Waals surface area contributed by atoms with Gasteiger partial charge in [0.1, 0.15) is 4.90 Å². The lowest BCUT2D eigenvalue weighted by Crippen LogP contribution is -2.41. The van der Waals surface area contributed by atoms with Gasteiger partial charge in [-0.2, -0.15) is 21.2 Å². The zero-order chi connectivity index (χ0) is 14.6. The van der Waals surface area contributed by atoms with Crippen LogP contribution in [0.2, 0.25) is 0 Å². The van der Waals surface area contributed by atoms with Crippen molar-refractivity contribution >= 4 is 21.8 Å². The Morgan fingerprint density at radius 2 is 2.35 bits per heavy atom.